The number of carbonyl (C=O) groups excluding carboxylic acids is 1. The van der Waals surface area contributed by atoms with E-state index < -0.39 is 0 Å². The van der Waals surface area contributed by atoms with Crippen molar-refractivity contribution < 1.29 is 19.0 Å². The van der Waals surface area contributed by atoms with Gasteiger partial charge < -0.3 is 19.5 Å². The smallest absolute Gasteiger partial charge is 0.407 e. The van der Waals surface area contributed by atoms with Crippen LogP contribution in [0.3, 0.4) is 0 Å². The van der Waals surface area contributed by atoms with Crippen molar-refractivity contribution in [3.05, 3.63) is 0 Å². The lowest BCUT2D eigenvalue weighted by Gasteiger charge is -2.28. The van der Waals surface area contributed by atoms with Crippen LogP contribution < -0.4 is 5.32 Å². The molecule has 0 aromatic rings. The van der Waals surface area contributed by atoms with Crippen molar-refractivity contribution in [2.75, 3.05) is 19.8 Å². The maximum Gasteiger partial charge on any atom is 0.407 e. The maximum atomic E-state index is 12.7. The Hall–Kier alpha value is -0.810. The first kappa shape index (κ1) is 45.2. The zero-order valence-electron chi connectivity index (χ0n) is 32.4. The molecule has 0 aromatic heterocycles. The van der Waals surface area contributed by atoms with Gasteiger partial charge in [-0.1, -0.05) is 149 Å². The second-order valence-corrected chi connectivity index (χ2v) is 15.6. The topological polar surface area (TPSA) is 56.8 Å². The zero-order chi connectivity index (χ0) is 34.2. The van der Waals surface area contributed by atoms with Crippen LogP contribution in [-0.2, 0) is 14.2 Å². The summed E-state index contributed by atoms with van der Waals surface area (Å²) in [4.78, 5) is 12.7. The fourth-order valence-corrected chi connectivity index (χ4v) is 5.99. The lowest BCUT2D eigenvalue weighted by atomic mass is 10.0. The van der Waals surface area contributed by atoms with Gasteiger partial charge in [0.2, 0.25) is 0 Å². The van der Waals surface area contributed by atoms with Crippen LogP contribution in [0.4, 0.5) is 4.79 Å². The van der Waals surface area contributed by atoms with Crippen molar-refractivity contribution in [3.63, 3.8) is 0 Å². The molecule has 0 saturated heterocycles. The number of nitrogens with one attached hydrogen (secondary N) is 1. The number of unbranched alkanes of at least 4 members (excludes halogenated alkanes) is 21. The molecule has 1 unspecified atom stereocenters. The largest absolute Gasteiger partial charge is 0.446 e. The van der Waals surface area contributed by atoms with E-state index in [9.17, 15) is 4.79 Å². The summed E-state index contributed by atoms with van der Waals surface area (Å²) in [6, 6.07) is 0. The number of alkyl carbamates (subject to hydrolysis) is 1. The van der Waals surface area contributed by atoms with Crippen LogP contribution in [-0.4, -0.2) is 43.2 Å². The summed E-state index contributed by atoms with van der Waals surface area (Å²) in [6.07, 6.45) is 34.5. The summed E-state index contributed by atoms with van der Waals surface area (Å²) >= 11 is 0. The van der Waals surface area contributed by atoms with Gasteiger partial charge in [-0.3, -0.25) is 0 Å². The number of carbonyl (C=O) groups is 1. The Morgan fingerprint density at radius 1 is 0.522 bits per heavy atom. The van der Waals surface area contributed by atoms with Gasteiger partial charge in [0, 0.05) is 19.8 Å². The second-order valence-electron chi connectivity index (χ2n) is 15.6. The first-order valence-corrected chi connectivity index (χ1v) is 20.3. The summed E-state index contributed by atoms with van der Waals surface area (Å²) in [5, 5.41) is 2.98. The molecule has 1 amide bonds. The molecule has 0 aliphatic carbocycles. The summed E-state index contributed by atoms with van der Waals surface area (Å²) in [7, 11) is 0. The third kappa shape index (κ3) is 34.5. The molecular weight excluding hydrogens is 570 g/mol. The number of hydrogen-bond acceptors (Lipinski definition) is 4. The average Bonchev–Trinajstić information content (AvgIpc) is 2.99. The van der Waals surface area contributed by atoms with Crippen LogP contribution in [0.1, 0.15) is 222 Å². The third-order valence-electron chi connectivity index (χ3n) is 9.11. The normalized spacial score (nSPS) is 12.8. The Morgan fingerprint density at radius 3 is 1.30 bits per heavy atom. The molecule has 5 nitrogen and oxygen atoms in total. The molecule has 0 aliphatic heterocycles. The van der Waals surface area contributed by atoms with E-state index in [0.29, 0.717) is 19.8 Å². The van der Waals surface area contributed by atoms with Crippen molar-refractivity contribution in [1.29, 1.82) is 0 Å². The predicted octanol–water partition coefficient (Wildman–Crippen LogP) is 13.3. The predicted molar refractivity (Wildman–Crippen MR) is 200 cm³/mol. The van der Waals surface area contributed by atoms with E-state index >= 15 is 0 Å². The van der Waals surface area contributed by atoms with Crippen LogP contribution in [0.15, 0.2) is 0 Å². The van der Waals surface area contributed by atoms with Gasteiger partial charge in [-0.25, -0.2) is 4.79 Å². The highest BCUT2D eigenvalue weighted by Gasteiger charge is 2.20. The minimum absolute atomic E-state index is 0.0417. The minimum atomic E-state index is -0.261. The van der Waals surface area contributed by atoms with Crippen LogP contribution in [0.2, 0.25) is 0 Å². The molecule has 5 heteroatoms. The number of hydrogen-bond donors (Lipinski definition) is 1. The van der Waals surface area contributed by atoms with Gasteiger partial charge in [-0.05, 0) is 73.1 Å². The van der Waals surface area contributed by atoms with Crippen LogP contribution in [0, 0.1) is 0 Å². The van der Waals surface area contributed by atoms with Crippen LogP contribution in [0.5, 0.6) is 0 Å². The van der Waals surface area contributed by atoms with Crippen molar-refractivity contribution in [1.82, 2.24) is 5.32 Å². The molecule has 0 aromatic carbocycles. The standard InChI is InChI=1S/C41H83NO4/c1-8-10-12-14-16-18-19-20-21-22-23-24-26-28-30-33-38(32-29-27-25-17-15-13-11-9-2)46-39(43)42-35-31-36-45-41(6,7)34-37-44-40(3,4)5/h38H,8-37H2,1-7H3,(H,42,43). The fourth-order valence-electron chi connectivity index (χ4n) is 5.99. The number of amides is 1. The molecule has 0 heterocycles. The quantitative estimate of drug-likeness (QED) is 0.0702. The van der Waals surface area contributed by atoms with Gasteiger partial charge in [0.05, 0.1) is 11.2 Å². The monoisotopic (exact) mass is 654 g/mol. The third-order valence-corrected chi connectivity index (χ3v) is 9.11. The molecular formula is C41H83NO4. The van der Waals surface area contributed by atoms with E-state index in [4.69, 9.17) is 14.2 Å². The maximum absolute atomic E-state index is 12.7. The fraction of sp³-hybridized carbons (Fsp3) is 0.976. The average molecular weight is 654 g/mol. The van der Waals surface area contributed by atoms with Crippen molar-refractivity contribution in [2.45, 2.75) is 239 Å². The Labute approximate surface area is 288 Å². The molecule has 0 bridgehead atoms. The molecule has 1 N–H and O–H groups in total. The Bertz CT molecular complexity index is 645. The number of ether oxygens (including phenoxy) is 3. The molecule has 46 heavy (non-hydrogen) atoms. The van der Waals surface area contributed by atoms with Crippen molar-refractivity contribution in [3.8, 4) is 0 Å². The van der Waals surface area contributed by atoms with Gasteiger partial charge in [-0.2, -0.15) is 0 Å². The van der Waals surface area contributed by atoms with Crippen LogP contribution in [0.25, 0.3) is 0 Å². The molecule has 0 rings (SSSR count). The van der Waals surface area contributed by atoms with Gasteiger partial charge >= 0.3 is 6.09 Å². The SMILES string of the molecule is CCCCCCCCCCCCCCCCCC(CCCCCCCCCC)OC(=O)NCCCOC(C)(C)CCOC(C)(C)C. The van der Waals surface area contributed by atoms with Gasteiger partial charge in [0.15, 0.2) is 0 Å². The van der Waals surface area contributed by atoms with Crippen molar-refractivity contribution in [2.24, 2.45) is 0 Å². The summed E-state index contributed by atoms with van der Waals surface area (Å²) in [5.74, 6) is 0. The van der Waals surface area contributed by atoms with E-state index in [1.54, 1.807) is 0 Å². The van der Waals surface area contributed by atoms with E-state index in [1.807, 2.05) is 0 Å². The van der Waals surface area contributed by atoms with Crippen LogP contribution >= 0.6 is 0 Å². The van der Waals surface area contributed by atoms with E-state index in [1.165, 1.54) is 135 Å². The van der Waals surface area contributed by atoms with Crippen molar-refractivity contribution >= 4 is 6.09 Å². The second kappa shape index (κ2) is 31.5. The Balaban J connectivity index is 4.17. The summed E-state index contributed by atoms with van der Waals surface area (Å²) in [6.45, 7) is 16.9. The molecule has 0 spiro atoms. The Morgan fingerprint density at radius 2 is 0.913 bits per heavy atom. The van der Waals surface area contributed by atoms with E-state index in [0.717, 1.165) is 38.5 Å². The molecule has 276 valence electrons. The first-order valence-electron chi connectivity index (χ1n) is 20.3. The zero-order valence-corrected chi connectivity index (χ0v) is 32.4. The highest BCUT2D eigenvalue weighted by molar-refractivity contribution is 5.67. The summed E-state index contributed by atoms with van der Waals surface area (Å²) < 4.78 is 17.9. The lowest BCUT2D eigenvalue weighted by molar-refractivity contribution is -0.0667. The minimum Gasteiger partial charge on any atom is -0.446 e. The Kier molecular flexibility index (Phi) is 30.9. The lowest BCUT2D eigenvalue weighted by Crippen LogP contribution is -2.32. The molecule has 0 saturated carbocycles. The molecule has 1 atom stereocenters. The van der Waals surface area contributed by atoms with Gasteiger partial charge in [0.25, 0.3) is 0 Å². The first-order chi connectivity index (χ1) is 22.1. The van der Waals surface area contributed by atoms with Gasteiger partial charge in [0.1, 0.15) is 6.10 Å². The number of rotatable bonds is 34. The van der Waals surface area contributed by atoms with E-state index in [-0.39, 0.29) is 23.4 Å². The summed E-state index contributed by atoms with van der Waals surface area (Å²) in [5.41, 5.74) is -0.362. The highest BCUT2D eigenvalue weighted by Crippen LogP contribution is 2.19. The van der Waals surface area contributed by atoms with Gasteiger partial charge in [-0.15, -0.1) is 0 Å². The molecule has 0 aliphatic rings. The molecule has 0 radical (unpaired) electrons. The molecule has 0 fully saturated rings. The van der Waals surface area contributed by atoms with E-state index in [2.05, 4.69) is 53.8 Å². The highest BCUT2D eigenvalue weighted by atomic mass is 16.6.